The van der Waals surface area contributed by atoms with Gasteiger partial charge in [0.1, 0.15) is 6.61 Å². The van der Waals surface area contributed by atoms with Crippen LogP contribution in [0.15, 0.2) is 24.8 Å². The van der Waals surface area contributed by atoms with E-state index < -0.39 is 12.2 Å². The van der Waals surface area contributed by atoms with Gasteiger partial charge in [-0.3, -0.25) is 0 Å². The molecule has 8 heteroatoms. The monoisotopic (exact) mass is 438 g/mol. The quantitative estimate of drug-likeness (QED) is 0.480. The number of ether oxygens (including phenoxy) is 5. The maximum absolute atomic E-state index is 10.7. The van der Waals surface area contributed by atoms with Gasteiger partial charge >= 0.3 is 0 Å². The van der Waals surface area contributed by atoms with Gasteiger partial charge in [0.15, 0.2) is 23.0 Å². The lowest BCUT2D eigenvalue weighted by Gasteiger charge is -2.18. The molecule has 0 bridgehead atoms. The van der Waals surface area contributed by atoms with Gasteiger partial charge < -0.3 is 33.9 Å². The van der Waals surface area contributed by atoms with Gasteiger partial charge in [0.25, 0.3) is 0 Å². The van der Waals surface area contributed by atoms with Crippen LogP contribution in [0.25, 0.3) is 0 Å². The number of methoxy groups -OCH3 is 4. The van der Waals surface area contributed by atoms with E-state index in [1.165, 1.54) is 32.7 Å². The summed E-state index contributed by atoms with van der Waals surface area (Å²) >= 11 is 1.42. The molecule has 0 fully saturated rings. The largest absolute Gasteiger partial charge is 0.493 e. The standard InChI is InChI=1S/C22H30O7S/c1-7-10-29-19-13(2)30-22(21(19)28-6)16(24)9-8-15(23)14-11-17(25-3)20(27-5)18(12-14)26-4/h7,11-12,15-16,23-24H,1,8-10H2,2-6H3. The van der Waals surface area contributed by atoms with Crippen molar-refractivity contribution in [3.63, 3.8) is 0 Å². The molecule has 0 spiro atoms. The van der Waals surface area contributed by atoms with Gasteiger partial charge in [-0.25, -0.2) is 0 Å². The van der Waals surface area contributed by atoms with Crippen LogP contribution in [0.4, 0.5) is 0 Å². The molecule has 0 amide bonds. The minimum absolute atomic E-state index is 0.322. The third kappa shape index (κ3) is 5.19. The SMILES string of the molecule is C=CCOc1c(C)sc(C(O)CCC(O)c2cc(OC)c(OC)c(OC)c2)c1OC. The molecule has 1 heterocycles. The summed E-state index contributed by atoms with van der Waals surface area (Å²) in [6.45, 7) is 5.91. The summed E-state index contributed by atoms with van der Waals surface area (Å²) in [5, 5.41) is 21.4. The maximum atomic E-state index is 10.7. The predicted octanol–water partition coefficient (Wildman–Crippen LogP) is 4.20. The fourth-order valence-electron chi connectivity index (χ4n) is 3.16. The van der Waals surface area contributed by atoms with Crippen LogP contribution in [0.5, 0.6) is 28.7 Å². The fourth-order valence-corrected chi connectivity index (χ4v) is 4.26. The molecule has 0 radical (unpaired) electrons. The van der Waals surface area contributed by atoms with Crippen LogP contribution in [0.1, 0.15) is 40.4 Å². The summed E-state index contributed by atoms with van der Waals surface area (Å²) in [6, 6.07) is 3.41. The molecule has 166 valence electrons. The van der Waals surface area contributed by atoms with Crippen molar-refractivity contribution >= 4 is 11.3 Å². The lowest BCUT2D eigenvalue weighted by Crippen LogP contribution is -2.05. The van der Waals surface area contributed by atoms with Gasteiger partial charge in [0, 0.05) is 4.88 Å². The predicted molar refractivity (Wildman–Crippen MR) is 117 cm³/mol. The molecule has 30 heavy (non-hydrogen) atoms. The molecule has 0 saturated heterocycles. The first-order valence-electron chi connectivity index (χ1n) is 9.48. The highest BCUT2D eigenvalue weighted by atomic mass is 32.1. The molecule has 2 atom stereocenters. The van der Waals surface area contributed by atoms with E-state index in [0.717, 1.165) is 4.88 Å². The van der Waals surface area contributed by atoms with Crippen molar-refractivity contribution in [2.45, 2.75) is 32.0 Å². The Kier molecular flexibility index (Phi) is 8.83. The Balaban J connectivity index is 2.16. The zero-order valence-corrected chi connectivity index (χ0v) is 18.9. The molecular formula is C22H30O7S. The van der Waals surface area contributed by atoms with Gasteiger partial charge in [-0.1, -0.05) is 12.7 Å². The van der Waals surface area contributed by atoms with Crippen LogP contribution >= 0.6 is 11.3 Å². The van der Waals surface area contributed by atoms with Crippen LogP contribution < -0.4 is 23.7 Å². The van der Waals surface area contributed by atoms with Gasteiger partial charge in [0.05, 0.1) is 45.5 Å². The Morgan fingerprint density at radius 3 is 1.97 bits per heavy atom. The van der Waals surface area contributed by atoms with Gasteiger partial charge in [-0.15, -0.1) is 11.3 Å². The number of aliphatic hydroxyl groups is 2. The van der Waals surface area contributed by atoms with Crippen molar-refractivity contribution in [2.75, 3.05) is 35.0 Å². The summed E-state index contributed by atoms with van der Waals surface area (Å²) in [5.41, 5.74) is 0.612. The Hall–Kier alpha value is -2.42. The van der Waals surface area contributed by atoms with Crippen LogP contribution in [0.2, 0.25) is 0 Å². The number of aryl methyl sites for hydroxylation is 1. The molecule has 0 aliphatic carbocycles. The zero-order valence-electron chi connectivity index (χ0n) is 18.1. The number of hydrogen-bond acceptors (Lipinski definition) is 8. The summed E-state index contributed by atoms with van der Waals surface area (Å²) in [4.78, 5) is 1.58. The molecule has 2 aromatic rings. The molecule has 2 N–H and O–H groups in total. The number of thiophene rings is 1. The van der Waals surface area contributed by atoms with Crippen molar-refractivity contribution in [2.24, 2.45) is 0 Å². The van der Waals surface area contributed by atoms with E-state index in [4.69, 9.17) is 23.7 Å². The van der Waals surface area contributed by atoms with Crippen molar-refractivity contribution in [1.82, 2.24) is 0 Å². The summed E-state index contributed by atoms with van der Waals surface area (Å²) < 4.78 is 27.1. The van der Waals surface area contributed by atoms with Gasteiger partial charge in [-0.2, -0.15) is 0 Å². The van der Waals surface area contributed by atoms with Crippen molar-refractivity contribution in [3.8, 4) is 28.7 Å². The lowest BCUT2D eigenvalue weighted by atomic mass is 10.0. The summed E-state index contributed by atoms with van der Waals surface area (Å²) in [6.07, 6.45) is 0.677. The molecule has 1 aromatic carbocycles. The molecule has 0 aliphatic rings. The highest BCUT2D eigenvalue weighted by Crippen LogP contribution is 2.46. The van der Waals surface area contributed by atoms with Gasteiger partial charge in [0.2, 0.25) is 5.75 Å². The Morgan fingerprint density at radius 2 is 1.47 bits per heavy atom. The number of rotatable bonds is 12. The number of benzene rings is 1. The van der Waals surface area contributed by atoms with E-state index in [0.29, 0.717) is 58.6 Å². The molecule has 7 nitrogen and oxygen atoms in total. The van der Waals surface area contributed by atoms with Crippen LogP contribution in [0, 0.1) is 6.92 Å². The minimum Gasteiger partial charge on any atom is -0.493 e. The van der Waals surface area contributed by atoms with E-state index in [-0.39, 0.29) is 0 Å². The second-order valence-electron chi connectivity index (χ2n) is 6.55. The molecule has 0 aliphatic heterocycles. The normalized spacial score (nSPS) is 12.8. The van der Waals surface area contributed by atoms with Crippen molar-refractivity contribution in [1.29, 1.82) is 0 Å². The maximum Gasteiger partial charge on any atom is 0.203 e. The molecule has 2 rings (SSSR count). The summed E-state index contributed by atoms with van der Waals surface area (Å²) in [7, 11) is 6.11. The van der Waals surface area contributed by atoms with Crippen LogP contribution in [-0.4, -0.2) is 45.3 Å². The average Bonchev–Trinajstić information content (AvgIpc) is 3.09. The van der Waals surface area contributed by atoms with E-state index in [2.05, 4.69) is 6.58 Å². The van der Waals surface area contributed by atoms with E-state index in [9.17, 15) is 10.2 Å². The molecular weight excluding hydrogens is 408 g/mol. The fraction of sp³-hybridized carbons (Fsp3) is 0.455. The highest BCUT2D eigenvalue weighted by Gasteiger charge is 2.25. The van der Waals surface area contributed by atoms with Crippen LogP contribution in [0.3, 0.4) is 0 Å². The smallest absolute Gasteiger partial charge is 0.203 e. The third-order valence-electron chi connectivity index (χ3n) is 4.65. The van der Waals surface area contributed by atoms with Crippen molar-refractivity contribution in [3.05, 3.63) is 40.1 Å². The summed E-state index contributed by atoms with van der Waals surface area (Å²) in [5.74, 6) is 2.52. The first-order chi connectivity index (χ1) is 14.4. The molecule has 1 aromatic heterocycles. The van der Waals surface area contributed by atoms with E-state index in [1.54, 1.807) is 25.3 Å². The van der Waals surface area contributed by atoms with E-state index >= 15 is 0 Å². The Morgan fingerprint density at radius 1 is 0.900 bits per heavy atom. The zero-order chi connectivity index (χ0) is 22.3. The second-order valence-corrected chi connectivity index (χ2v) is 7.81. The lowest BCUT2D eigenvalue weighted by molar-refractivity contribution is 0.114. The third-order valence-corrected chi connectivity index (χ3v) is 5.82. The Labute approximate surface area is 181 Å². The topological polar surface area (TPSA) is 86.6 Å². The first-order valence-corrected chi connectivity index (χ1v) is 10.3. The average molecular weight is 439 g/mol. The molecule has 2 unspecified atom stereocenters. The number of aliphatic hydroxyl groups excluding tert-OH is 2. The highest BCUT2D eigenvalue weighted by molar-refractivity contribution is 7.12. The molecule has 0 saturated carbocycles. The van der Waals surface area contributed by atoms with Gasteiger partial charge in [-0.05, 0) is 37.5 Å². The van der Waals surface area contributed by atoms with Crippen molar-refractivity contribution < 1.29 is 33.9 Å². The first kappa shape index (κ1) is 23.9. The number of hydrogen-bond donors (Lipinski definition) is 2. The minimum atomic E-state index is -0.822. The Bertz CT molecular complexity index is 821. The van der Waals surface area contributed by atoms with Crippen LogP contribution in [-0.2, 0) is 0 Å². The second kappa shape index (κ2) is 11.1. The van der Waals surface area contributed by atoms with E-state index in [1.807, 2.05) is 6.92 Å².